The molecule has 5 nitrogen and oxygen atoms in total. The number of nitrogens with one attached hydrogen (secondary N) is 1. The topological polar surface area (TPSA) is 58.4 Å². The van der Waals surface area contributed by atoms with Gasteiger partial charge in [0, 0.05) is 19.2 Å². The summed E-state index contributed by atoms with van der Waals surface area (Å²) in [6.45, 7) is 1.85. The summed E-state index contributed by atoms with van der Waals surface area (Å²) < 4.78 is 0. The van der Waals surface area contributed by atoms with E-state index in [1.54, 1.807) is 18.2 Å². The number of nitrogens with zero attached hydrogens (tertiary/aromatic N) is 2. The van der Waals surface area contributed by atoms with Gasteiger partial charge in [0.2, 0.25) is 0 Å². The smallest absolute Gasteiger partial charge is 0.292 e. The number of para-hydroxylation sites is 2. The highest BCUT2D eigenvalue weighted by molar-refractivity contribution is 7.80. The van der Waals surface area contributed by atoms with E-state index in [4.69, 9.17) is 12.2 Å². The number of nitro benzene ring substituents is 1. The first-order valence-corrected chi connectivity index (χ1v) is 6.38. The molecule has 18 heavy (non-hydrogen) atoms. The molecule has 0 aromatic heterocycles. The summed E-state index contributed by atoms with van der Waals surface area (Å²) in [5.41, 5.74) is 0.509. The summed E-state index contributed by atoms with van der Waals surface area (Å²) in [5.74, 6) is 0. The van der Waals surface area contributed by atoms with Gasteiger partial charge < -0.3 is 10.2 Å². The molecule has 0 radical (unpaired) electrons. The SMILES string of the molecule is O=[N+]([O-])c1ccccc1NC(=S)N1CCCCC1. The Kier molecular flexibility index (Phi) is 4.09. The van der Waals surface area contributed by atoms with E-state index in [2.05, 4.69) is 10.2 Å². The Morgan fingerprint density at radius 3 is 2.61 bits per heavy atom. The van der Waals surface area contributed by atoms with Gasteiger partial charge in [-0.3, -0.25) is 10.1 Å². The molecule has 1 aliphatic rings. The second kappa shape index (κ2) is 5.77. The van der Waals surface area contributed by atoms with Crippen molar-refractivity contribution in [3.05, 3.63) is 34.4 Å². The number of hydrogen-bond donors (Lipinski definition) is 1. The summed E-state index contributed by atoms with van der Waals surface area (Å²) in [6.07, 6.45) is 3.47. The van der Waals surface area contributed by atoms with Crippen LogP contribution in [0.4, 0.5) is 11.4 Å². The van der Waals surface area contributed by atoms with Crippen molar-refractivity contribution in [2.24, 2.45) is 0 Å². The molecule has 2 rings (SSSR count). The molecule has 0 unspecified atom stereocenters. The van der Waals surface area contributed by atoms with Crippen LogP contribution in [0.1, 0.15) is 19.3 Å². The van der Waals surface area contributed by atoms with Crippen molar-refractivity contribution in [2.75, 3.05) is 18.4 Å². The molecule has 0 saturated carbocycles. The summed E-state index contributed by atoms with van der Waals surface area (Å²) >= 11 is 5.29. The molecule has 1 saturated heterocycles. The van der Waals surface area contributed by atoms with Crippen LogP contribution in [0.3, 0.4) is 0 Å². The first-order chi connectivity index (χ1) is 8.68. The van der Waals surface area contributed by atoms with Crippen LogP contribution in [-0.2, 0) is 0 Å². The minimum absolute atomic E-state index is 0.0526. The maximum atomic E-state index is 10.9. The highest BCUT2D eigenvalue weighted by Crippen LogP contribution is 2.24. The van der Waals surface area contributed by atoms with Crippen molar-refractivity contribution in [1.29, 1.82) is 0 Å². The lowest BCUT2D eigenvalue weighted by atomic mass is 10.1. The van der Waals surface area contributed by atoms with E-state index in [9.17, 15) is 10.1 Å². The van der Waals surface area contributed by atoms with E-state index in [0.29, 0.717) is 10.8 Å². The van der Waals surface area contributed by atoms with Crippen LogP contribution < -0.4 is 5.32 Å². The van der Waals surface area contributed by atoms with Crippen molar-refractivity contribution in [3.8, 4) is 0 Å². The second-order valence-electron chi connectivity index (χ2n) is 4.25. The van der Waals surface area contributed by atoms with Gasteiger partial charge in [-0.1, -0.05) is 12.1 Å². The summed E-state index contributed by atoms with van der Waals surface area (Å²) in [6, 6.07) is 6.55. The van der Waals surface area contributed by atoms with E-state index in [-0.39, 0.29) is 5.69 Å². The average Bonchev–Trinajstić information content (AvgIpc) is 2.40. The third-order valence-electron chi connectivity index (χ3n) is 2.99. The Morgan fingerprint density at radius 2 is 1.94 bits per heavy atom. The third kappa shape index (κ3) is 2.95. The molecule has 1 aromatic carbocycles. The molecule has 96 valence electrons. The summed E-state index contributed by atoms with van der Waals surface area (Å²) in [4.78, 5) is 12.6. The number of anilines is 1. The van der Waals surface area contributed by atoms with Crippen molar-refractivity contribution in [3.63, 3.8) is 0 Å². The maximum Gasteiger partial charge on any atom is 0.292 e. The molecule has 0 bridgehead atoms. The Bertz CT molecular complexity index is 458. The van der Waals surface area contributed by atoms with Crippen LogP contribution in [0.15, 0.2) is 24.3 Å². The van der Waals surface area contributed by atoms with Gasteiger partial charge in [0.1, 0.15) is 5.69 Å². The zero-order valence-electron chi connectivity index (χ0n) is 9.96. The van der Waals surface area contributed by atoms with E-state index < -0.39 is 4.92 Å². The van der Waals surface area contributed by atoms with Gasteiger partial charge in [-0.25, -0.2) is 0 Å². The maximum absolute atomic E-state index is 10.9. The van der Waals surface area contributed by atoms with Gasteiger partial charge in [0.05, 0.1) is 4.92 Å². The number of benzene rings is 1. The van der Waals surface area contributed by atoms with E-state index in [1.807, 2.05) is 0 Å². The third-order valence-corrected chi connectivity index (χ3v) is 3.35. The number of rotatable bonds is 2. The minimum atomic E-state index is -0.402. The van der Waals surface area contributed by atoms with Gasteiger partial charge in [-0.15, -0.1) is 0 Å². The standard InChI is InChI=1S/C12H15N3O2S/c16-15(17)11-7-3-2-6-10(11)13-12(18)14-8-4-1-5-9-14/h2-3,6-7H,1,4-5,8-9H2,(H,13,18). The summed E-state index contributed by atoms with van der Waals surface area (Å²) in [5, 5.41) is 14.4. The van der Waals surface area contributed by atoms with Gasteiger partial charge in [0.15, 0.2) is 5.11 Å². The minimum Gasteiger partial charge on any atom is -0.349 e. The fourth-order valence-corrected chi connectivity index (χ4v) is 2.32. The lowest BCUT2D eigenvalue weighted by Crippen LogP contribution is -2.38. The van der Waals surface area contributed by atoms with Gasteiger partial charge in [0.25, 0.3) is 5.69 Å². The first-order valence-electron chi connectivity index (χ1n) is 5.98. The quantitative estimate of drug-likeness (QED) is 0.506. The van der Waals surface area contributed by atoms with Crippen LogP contribution in [0.25, 0.3) is 0 Å². The van der Waals surface area contributed by atoms with Crippen molar-refractivity contribution < 1.29 is 4.92 Å². The fourth-order valence-electron chi connectivity index (χ4n) is 2.03. The Balaban J connectivity index is 2.08. The Morgan fingerprint density at radius 1 is 1.28 bits per heavy atom. The van der Waals surface area contributed by atoms with Crippen molar-refractivity contribution in [2.45, 2.75) is 19.3 Å². The monoisotopic (exact) mass is 265 g/mol. The van der Waals surface area contributed by atoms with Crippen LogP contribution in [0, 0.1) is 10.1 Å². The van der Waals surface area contributed by atoms with Gasteiger partial charge in [-0.05, 0) is 37.5 Å². The highest BCUT2D eigenvalue weighted by atomic mass is 32.1. The zero-order valence-corrected chi connectivity index (χ0v) is 10.8. The molecule has 1 aliphatic heterocycles. The van der Waals surface area contributed by atoms with Crippen molar-refractivity contribution in [1.82, 2.24) is 4.90 Å². The molecule has 1 N–H and O–H groups in total. The number of likely N-dealkylation sites (tertiary alicyclic amines) is 1. The molecule has 0 atom stereocenters. The Hall–Kier alpha value is -1.69. The van der Waals surface area contributed by atoms with Crippen molar-refractivity contribution >= 4 is 28.7 Å². The molecule has 1 heterocycles. The molecular weight excluding hydrogens is 250 g/mol. The summed E-state index contributed by atoms with van der Waals surface area (Å²) in [7, 11) is 0. The largest absolute Gasteiger partial charge is 0.349 e. The van der Waals surface area contributed by atoms with Crippen LogP contribution in [0.5, 0.6) is 0 Å². The molecule has 0 aliphatic carbocycles. The number of piperidine rings is 1. The predicted molar refractivity (Wildman–Crippen MR) is 74.7 cm³/mol. The Labute approximate surface area is 111 Å². The highest BCUT2D eigenvalue weighted by Gasteiger charge is 2.17. The first kappa shape index (κ1) is 12.8. The van der Waals surface area contributed by atoms with E-state index in [0.717, 1.165) is 25.9 Å². The van der Waals surface area contributed by atoms with E-state index in [1.165, 1.54) is 12.5 Å². The second-order valence-corrected chi connectivity index (χ2v) is 4.64. The van der Waals surface area contributed by atoms with E-state index >= 15 is 0 Å². The number of thiocarbonyl (C=S) groups is 1. The molecule has 1 aromatic rings. The average molecular weight is 265 g/mol. The molecule has 1 fully saturated rings. The lowest BCUT2D eigenvalue weighted by molar-refractivity contribution is -0.383. The lowest BCUT2D eigenvalue weighted by Gasteiger charge is -2.29. The van der Waals surface area contributed by atoms with Crippen LogP contribution in [-0.4, -0.2) is 28.0 Å². The predicted octanol–water partition coefficient (Wildman–Crippen LogP) is 2.78. The zero-order chi connectivity index (χ0) is 13.0. The number of hydrogen-bond acceptors (Lipinski definition) is 3. The molecule has 0 amide bonds. The van der Waals surface area contributed by atoms with Gasteiger partial charge >= 0.3 is 0 Å². The molecular formula is C12H15N3O2S. The van der Waals surface area contributed by atoms with Crippen LogP contribution in [0.2, 0.25) is 0 Å². The normalized spacial score (nSPS) is 15.2. The van der Waals surface area contributed by atoms with Crippen LogP contribution >= 0.6 is 12.2 Å². The fraction of sp³-hybridized carbons (Fsp3) is 0.417. The molecule has 6 heteroatoms. The van der Waals surface area contributed by atoms with Gasteiger partial charge in [-0.2, -0.15) is 0 Å². The number of nitro groups is 1. The molecule has 0 spiro atoms.